The molecule has 0 amide bonds. The Morgan fingerprint density at radius 1 is 1.19 bits per heavy atom. The maximum atomic E-state index is 13.4. The van der Waals surface area contributed by atoms with Crippen LogP contribution in [0.15, 0.2) is 59.5 Å². The Hall–Kier alpha value is -1.47. The van der Waals surface area contributed by atoms with Gasteiger partial charge in [0, 0.05) is 17.5 Å². The number of nitrogens with two attached hydrogens (primary N) is 1. The van der Waals surface area contributed by atoms with Crippen LogP contribution < -0.4 is 5.73 Å². The molecule has 1 saturated carbocycles. The third-order valence-electron chi connectivity index (χ3n) is 4.90. The number of benzene rings is 2. The van der Waals surface area contributed by atoms with Crippen LogP contribution in [-0.4, -0.2) is 31.9 Å². The van der Waals surface area contributed by atoms with Crippen LogP contribution in [0.2, 0.25) is 5.02 Å². The minimum atomic E-state index is -3.67. The molecule has 4 nitrogen and oxygen atoms in total. The largest absolute Gasteiger partial charge is 0.393 e. The summed E-state index contributed by atoms with van der Waals surface area (Å²) in [6, 6.07) is 15.6. The summed E-state index contributed by atoms with van der Waals surface area (Å²) in [4.78, 5) is 0.379. The van der Waals surface area contributed by atoms with E-state index in [4.69, 9.17) is 34.3 Å². The molecule has 1 aliphatic rings. The average Bonchev–Trinajstić information content (AvgIpc) is 3.32. The van der Waals surface area contributed by atoms with Gasteiger partial charge < -0.3 is 10.5 Å². The number of thiocarbonyl (C=S) groups is 1. The van der Waals surface area contributed by atoms with Crippen molar-refractivity contribution in [1.82, 2.24) is 0 Å². The van der Waals surface area contributed by atoms with Crippen molar-refractivity contribution >= 4 is 38.6 Å². The van der Waals surface area contributed by atoms with Gasteiger partial charge in [-0.1, -0.05) is 54.2 Å². The zero-order chi connectivity index (χ0) is 18.9. The van der Waals surface area contributed by atoms with Gasteiger partial charge in [0.1, 0.15) is 0 Å². The molecule has 0 bridgehead atoms. The minimum Gasteiger partial charge on any atom is -0.393 e. The van der Waals surface area contributed by atoms with E-state index in [1.165, 1.54) is 12.1 Å². The van der Waals surface area contributed by atoms with Crippen molar-refractivity contribution < 1.29 is 13.2 Å². The molecule has 3 rings (SSSR count). The molecule has 1 fully saturated rings. The molecule has 2 aromatic rings. The highest BCUT2D eigenvalue weighted by Gasteiger charge is 2.73. The van der Waals surface area contributed by atoms with E-state index < -0.39 is 20.5 Å². The first-order valence-corrected chi connectivity index (χ1v) is 10.6. The number of ether oxygens (including phenoxy) is 1. The lowest BCUT2D eigenvalue weighted by Gasteiger charge is -2.17. The summed E-state index contributed by atoms with van der Waals surface area (Å²) in [5, 5.41) is -0.281. The summed E-state index contributed by atoms with van der Waals surface area (Å²) in [5.74, 6) is -0.339. The van der Waals surface area contributed by atoms with Gasteiger partial charge in [0.2, 0.25) is 0 Å². The number of hydrogen-bond donors (Lipinski definition) is 1. The molecular formula is C19H20ClNO3S2. The Kier molecular flexibility index (Phi) is 5.40. The van der Waals surface area contributed by atoms with Crippen LogP contribution in [0.1, 0.15) is 18.4 Å². The number of rotatable bonds is 7. The Labute approximate surface area is 164 Å². The van der Waals surface area contributed by atoms with Gasteiger partial charge in [-0.25, -0.2) is 8.42 Å². The number of halogens is 1. The highest BCUT2D eigenvalue weighted by atomic mass is 35.5. The van der Waals surface area contributed by atoms with Crippen molar-refractivity contribution in [1.29, 1.82) is 0 Å². The molecule has 0 saturated heterocycles. The fraction of sp³-hybridized carbons (Fsp3) is 0.316. The van der Waals surface area contributed by atoms with Crippen molar-refractivity contribution in [2.75, 3.05) is 13.2 Å². The van der Waals surface area contributed by atoms with Gasteiger partial charge in [0.15, 0.2) is 9.84 Å². The van der Waals surface area contributed by atoms with Crippen LogP contribution >= 0.6 is 23.8 Å². The third-order valence-corrected chi connectivity index (χ3v) is 7.82. The quantitative estimate of drug-likeness (QED) is 0.707. The Morgan fingerprint density at radius 3 is 2.35 bits per heavy atom. The van der Waals surface area contributed by atoms with E-state index in [1.54, 1.807) is 12.1 Å². The molecule has 0 radical (unpaired) electrons. The van der Waals surface area contributed by atoms with Crippen LogP contribution in [0.4, 0.5) is 0 Å². The van der Waals surface area contributed by atoms with Gasteiger partial charge in [-0.2, -0.15) is 0 Å². The molecule has 1 aliphatic carbocycles. The predicted molar refractivity (Wildman–Crippen MR) is 107 cm³/mol. The number of hydrogen-bond acceptors (Lipinski definition) is 4. The Morgan fingerprint density at radius 2 is 1.81 bits per heavy atom. The summed E-state index contributed by atoms with van der Waals surface area (Å²) >= 11 is 11.2. The Bertz CT molecular complexity index is 900. The van der Waals surface area contributed by atoms with E-state index in [-0.39, 0.29) is 22.4 Å². The molecule has 0 unspecified atom stereocenters. The lowest BCUT2D eigenvalue weighted by molar-refractivity contribution is 0.121. The van der Waals surface area contributed by atoms with E-state index in [0.29, 0.717) is 11.6 Å². The van der Waals surface area contributed by atoms with E-state index >= 15 is 0 Å². The first kappa shape index (κ1) is 19.3. The van der Waals surface area contributed by atoms with Crippen LogP contribution in [0.3, 0.4) is 0 Å². The minimum absolute atomic E-state index is 0.169. The zero-order valence-corrected chi connectivity index (χ0v) is 16.7. The van der Waals surface area contributed by atoms with Crippen molar-refractivity contribution in [3.63, 3.8) is 0 Å². The van der Waals surface area contributed by atoms with Crippen LogP contribution in [0.5, 0.6) is 0 Å². The SMILES string of the molecule is CCOC[C@@]1(C(N)=S)[C@H](S(=O)(=O)c2ccc(Cl)cc2)[C@@H]1c1ccccc1. The normalized spacial score (nSPS) is 25.0. The van der Waals surface area contributed by atoms with E-state index in [0.717, 1.165) is 5.56 Å². The number of sulfone groups is 1. The third kappa shape index (κ3) is 3.16. The zero-order valence-electron chi connectivity index (χ0n) is 14.3. The standard InChI is InChI=1S/C19H20ClNO3S2/c1-2-24-12-19(18(21)25)16(13-6-4-3-5-7-13)17(19)26(22,23)15-10-8-14(20)9-11-15/h3-11,16-17H,2,12H2,1H3,(H2,21,25)/t16-,17+,19-/m0/s1. The van der Waals surface area contributed by atoms with Gasteiger partial charge >= 0.3 is 0 Å². The molecule has 0 heterocycles. The van der Waals surface area contributed by atoms with Crippen molar-refractivity contribution in [2.45, 2.75) is 23.0 Å². The van der Waals surface area contributed by atoms with Crippen LogP contribution in [0.25, 0.3) is 0 Å². The second-order valence-corrected chi connectivity index (χ2v) is 9.30. The lowest BCUT2D eigenvalue weighted by atomic mass is 10.00. The first-order valence-electron chi connectivity index (χ1n) is 8.27. The van der Waals surface area contributed by atoms with Gasteiger partial charge in [-0.05, 0) is 36.8 Å². The van der Waals surface area contributed by atoms with Gasteiger partial charge in [-0.15, -0.1) is 0 Å². The van der Waals surface area contributed by atoms with Crippen molar-refractivity contribution in [3.8, 4) is 0 Å². The average molecular weight is 410 g/mol. The molecule has 2 aromatic carbocycles. The molecule has 0 aliphatic heterocycles. The topological polar surface area (TPSA) is 69.4 Å². The molecule has 0 spiro atoms. The first-order chi connectivity index (χ1) is 12.4. The predicted octanol–water partition coefficient (Wildman–Crippen LogP) is 3.59. The van der Waals surface area contributed by atoms with Crippen LogP contribution in [0, 0.1) is 5.41 Å². The highest BCUT2D eigenvalue weighted by Crippen LogP contribution is 2.64. The summed E-state index contributed by atoms with van der Waals surface area (Å²) in [7, 11) is -3.67. The van der Waals surface area contributed by atoms with E-state index in [1.807, 2.05) is 37.3 Å². The van der Waals surface area contributed by atoms with Gasteiger partial charge in [-0.3, -0.25) is 0 Å². The molecule has 2 N–H and O–H groups in total. The molecule has 3 atom stereocenters. The fourth-order valence-electron chi connectivity index (χ4n) is 3.57. The maximum absolute atomic E-state index is 13.4. The van der Waals surface area contributed by atoms with Crippen molar-refractivity contribution in [2.24, 2.45) is 11.1 Å². The molecule has 0 aromatic heterocycles. The monoisotopic (exact) mass is 409 g/mol. The fourth-order valence-corrected chi connectivity index (χ4v) is 6.47. The summed E-state index contributed by atoms with van der Waals surface area (Å²) < 4.78 is 32.3. The highest BCUT2D eigenvalue weighted by molar-refractivity contribution is 7.92. The van der Waals surface area contributed by atoms with Gasteiger partial charge in [0.05, 0.1) is 27.2 Å². The molecular weight excluding hydrogens is 390 g/mol. The van der Waals surface area contributed by atoms with Gasteiger partial charge in [0.25, 0.3) is 0 Å². The second kappa shape index (κ2) is 7.27. The molecule has 138 valence electrons. The maximum Gasteiger partial charge on any atom is 0.182 e. The summed E-state index contributed by atoms with van der Waals surface area (Å²) in [6.45, 7) is 2.49. The van der Waals surface area contributed by atoms with E-state index in [9.17, 15) is 8.42 Å². The smallest absolute Gasteiger partial charge is 0.182 e. The van der Waals surface area contributed by atoms with E-state index in [2.05, 4.69) is 0 Å². The van der Waals surface area contributed by atoms with Crippen molar-refractivity contribution in [3.05, 3.63) is 65.2 Å². The second-order valence-electron chi connectivity index (χ2n) is 6.35. The lowest BCUT2D eigenvalue weighted by Crippen LogP contribution is -2.33. The molecule has 7 heteroatoms. The Balaban J connectivity index is 2.09. The van der Waals surface area contributed by atoms with Crippen LogP contribution in [-0.2, 0) is 14.6 Å². The summed E-state index contributed by atoms with van der Waals surface area (Å²) in [5.41, 5.74) is 6.04. The summed E-state index contributed by atoms with van der Waals surface area (Å²) in [6.07, 6.45) is 0. The molecule has 26 heavy (non-hydrogen) atoms.